The molecule has 0 spiro atoms. The number of aliphatic hydroxyl groups excluding tert-OH is 1. The lowest BCUT2D eigenvalue weighted by Gasteiger charge is -2.32. The van der Waals surface area contributed by atoms with Gasteiger partial charge in [-0.3, -0.25) is 4.68 Å². The van der Waals surface area contributed by atoms with Crippen LogP contribution in [-0.4, -0.2) is 27.0 Å². The second kappa shape index (κ2) is 3.16. The molecule has 0 bridgehead atoms. The molecule has 0 unspecified atom stereocenters. The molecule has 4 N–H and O–H groups in total. The maximum Gasteiger partial charge on any atom is 0.147 e. The molecule has 2 rings (SSSR count). The Hall–Kier alpha value is -1.23. The van der Waals surface area contributed by atoms with Crippen molar-refractivity contribution in [1.29, 1.82) is 0 Å². The van der Waals surface area contributed by atoms with E-state index >= 15 is 0 Å². The Morgan fingerprint density at radius 3 is 2.64 bits per heavy atom. The van der Waals surface area contributed by atoms with E-state index in [1.165, 1.54) is 0 Å². The second-order valence-corrected chi connectivity index (χ2v) is 3.94. The lowest BCUT2D eigenvalue weighted by Crippen LogP contribution is -2.39. The number of aliphatic hydroxyl groups is 1. The molecular weight excluding hydrogens is 180 g/mol. The predicted octanol–water partition coefficient (Wildman–Crippen LogP) is 0.246. The Morgan fingerprint density at radius 2 is 2.21 bits per heavy atom. The molecule has 14 heavy (non-hydrogen) atoms. The summed E-state index contributed by atoms with van der Waals surface area (Å²) in [4.78, 5) is 0. The van der Waals surface area contributed by atoms with E-state index in [0.717, 1.165) is 24.4 Å². The van der Waals surface area contributed by atoms with Crippen molar-refractivity contribution in [1.82, 2.24) is 9.78 Å². The molecule has 0 amide bonds. The van der Waals surface area contributed by atoms with Crippen molar-refractivity contribution in [2.45, 2.75) is 31.9 Å². The quantitative estimate of drug-likeness (QED) is 0.633. The first-order chi connectivity index (χ1) is 6.58. The number of nitrogen functional groups attached to an aromatic ring is 1. The normalized spacial score (nSPS) is 25.9. The number of nitrogens with zero attached hydrogens (tertiary/aromatic N) is 2. The van der Waals surface area contributed by atoms with Gasteiger partial charge in [-0.15, -0.1) is 0 Å². The number of nitrogens with one attached hydrogen (secondary N) is 1. The first kappa shape index (κ1) is 9.33. The van der Waals surface area contributed by atoms with Crippen LogP contribution in [0.5, 0.6) is 0 Å². The molecule has 1 heterocycles. The van der Waals surface area contributed by atoms with Crippen LogP contribution < -0.4 is 11.1 Å². The van der Waals surface area contributed by atoms with Gasteiger partial charge in [-0.05, 0) is 19.8 Å². The molecule has 78 valence electrons. The fraction of sp³-hybridized carbons (Fsp3) is 0.667. The fourth-order valence-corrected chi connectivity index (χ4v) is 1.74. The minimum atomic E-state index is -0.150. The number of aromatic nitrogens is 2. The Labute approximate surface area is 82.9 Å². The first-order valence-electron chi connectivity index (χ1n) is 4.81. The molecule has 5 nitrogen and oxygen atoms in total. The van der Waals surface area contributed by atoms with Crippen LogP contribution in [0.15, 0.2) is 0 Å². The Bertz CT molecular complexity index is 341. The van der Waals surface area contributed by atoms with E-state index in [4.69, 9.17) is 10.8 Å². The highest BCUT2D eigenvalue weighted by Crippen LogP contribution is 2.28. The van der Waals surface area contributed by atoms with E-state index in [2.05, 4.69) is 10.4 Å². The third-order valence-corrected chi connectivity index (χ3v) is 2.72. The van der Waals surface area contributed by atoms with E-state index in [9.17, 15) is 0 Å². The van der Waals surface area contributed by atoms with Gasteiger partial charge < -0.3 is 16.2 Å². The summed E-state index contributed by atoms with van der Waals surface area (Å²) >= 11 is 0. The number of hydrogen-bond acceptors (Lipinski definition) is 4. The molecule has 1 aliphatic carbocycles. The maximum absolute atomic E-state index is 9.15. The van der Waals surface area contributed by atoms with Gasteiger partial charge in [0.1, 0.15) is 5.82 Å². The van der Waals surface area contributed by atoms with Crippen molar-refractivity contribution < 1.29 is 5.11 Å². The lowest BCUT2D eigenvalue weighted by atomic mass is 9.89. The Balaban J connectivity index is 2.09. The highest BCUT2D eigenvalue weighted by Gasteiger charge is 2.28. The molecule has 1 aliphatic rings. The van der Waals surface area contributed by atoms with Gasteiger partial charge in [0.25, 0.3) is 0 Å². The van der Waals surface area contributed by atoms with Gasteiger partial charge in [-0.1, -0.05) is 0 Å². The molecule has 5 heteroatoms. The van der Waals surface area contributed by atoms with E-state index in [1.807, 2.05) is 14.0 Å². The molecule has 0 aliphatic heterocycles. The summed E-state index contributed by atoms with van der Waals surface area (Å²) in [5.41, 5.74) is 7.40. The summed E-state index contributed by atoms with van der Waals surface area (Å²) in [6, 6.07) is 0.335. The van der Waals surface area contributed by atoms with Crippen LogP contribution in [0.1, 0.15) is 18.5 Å². The zero-order valence-corrected chi connectivity index (χ0v) is 8.49. The average molecular weight is 196 g/mol. The minimum Gasteiger partial charge on any atom is -0.394 e. The van der Waals surface area contributed by atoms with Crippen LogP contribution in [-0.2, 0) is 7.05 Å². The van der Waals surface area contributed by atoms with Crippen molar-refractivity contribution in [3.8, 4) is 0 Å². The zero-order valence-electron chi connectivity index (χ0n) is 8.49. The fourth-order valence-electron chi connectivity index (χ4n) is 1.74. The second-order valence-electron chi connectivity index (χ2n) is 3.94. The van der Waals surface area contributed by atoms with E-state index in [0.29, 0.717) is 11.7 Å². The highest BCUT2D eigenvalue weighted by molar-refractivity contribution is 5.65. The zero-order chi connectivity index (χ0) is 10.3. The number of anilines is 2. The monoisotopic (exact) mass is 196 g/mol. The highest BCUT2D eigenvalue weighted by atomic mass is 16.3. The molecule has 1 saturated carbocycles. The van der Waals surface area contributed by atoms with Crippen LogP contribution in [0.3, 0.4) is 0 Å². The molecule has 0 aromatic carbocycles. The van der Waals surface area contributed by atoms with Crippen molar-refractivity contribution in [3.05, 3.63) is 5.69 Å². The number of aryl methyl sites for hydroxylation is 2. The number of nitrogens with two attached hydrogens (primary N) is 1. The topological polar surface area (TPSA) is 76.1 Å². The molecular formula is C9H16N4O. The maximum atomic E-state index is 9.15. The van der Waals surface area contributed by atoms with Gasteiger partial charge in [0, 0.05) is 13.1 Å². The molecule has 0 radical (unpaired) electrons. The summed E-state index contributed by atoms with van der Waals surface area (Å²) in [6.07, 6.45) is 1.44. The van der Waals surface area contributed by atoms with E-state index in [1.54, 1.807) is 4.68 Å². The Kier molecular flexibility index (Phi) is 2.11. The largest absolute Gasteiger partial charge is 0.394 e. The van der Waals surface area contributed by atoms with E-state index in [-0.39, 0.29) is 6.10 Å². The van der Waals surface area contributed by atoms with Gasteiger partial charge in [-0.2, -0.15) is 5.10 Å². The summed E-state index contributed by atoms with van der Waals surface area (Å²) in [7, 11) is 1.86. The Morgan fingerprint density at radius 1 is 1.57 bits per heavy atom. The van der Waals surface area contributed by atoms with Crippen molar-refractivity contribution >= 4 is 11.5 Å². The van der Waals surface area contributed by atoms with Crippen LogP contribution in [0.2, 0.25) is 0 Å². The van der Waals surface area contributed by atoms with Crippen LogP contribution >= 0.6 is 0 Å². The molecule has 1 aromatic rings. The van der Waals surface area contributed by atoms with Gasteiger partial charge >= 0.3 is 0 Å². The van der Waals surface area contributed by atoms with Gasteiger partial charge in [0.05, 0.1) is 17.5 Å². The molecule has 1 fully saturated rings. The van der Waals surface area contributed by atoms with Gasteiger partial charge in [0.15, 0.2) is 0 Å². The third-order valence-electron chi connectivity index (χ3n) is 2.72. The summed E-state index contributed by atoms with van der Waals surface area (Å²) < 4.78 is 1.75. The van der Waals surface area contributed by atoms with Crippen LogP contribution in [0, 0.1) is 6.92 Å². The SMILES string of the molecule is Cc1nn(C)c(NC2CC(O)C2)c1N. The lowest BCUT2D eigenvalue weighted by molar-refractivity contribution is 0.0834. The standard InChI is InChI=1S/C9H16N4O/c1-5-8(10)9(13(2)12-5)11-6-3-7(14)4-6/h6-7,11,14H,3-4,10H2,1-2H3. The summed E-state index contributed by atoms with van der Waals surface area (Å²) in [5.74, 6) is 0.861. The smallest absolute Gasteiger partial charge is 0.147 e. The van der Waals surface area contributed by atoms with Crippen molar-refractivity contribution in [2.75, 3.05) is 11.1 Å². The molecule has 0 atom stereocenters. The van der Waals surface area contributed by atoms with E-state index < -0.39 is 0 Å². The van der Waals surface area contributed by atoms with Gasteiger partial charge in [0.2, 0.25) is 0 Å². The summed E-state index contributed by atoms with van der Waals surface area (Å²) in [6.45, 7) is 1.89. The van der Waals surface area contributed by atoms with Crippen LogP contribution in [0.4, 0.5) is 11.5 Å². The minimum absolute atomic E-state index is 0.150. The first-order valence-corrected chi connectivity index (χ1v) is 4.81. The van der Waals surface area contributed by atoms with Crippen LogP contribution in [0.25, 0.3) is 0 Å². The van der Waals surface area contributed by atoms with Gasteiger partial charge in [-0.25, -0.2) is 0 Å². The van der Waals surface area contributed by atoms with Crippen molar-refractivity contribution in [3.63, 3.8) is 0 Å². The predicted molar refractivity (Wildman–Crippen MR) is 55.0 cm³/mol. The third kappa shape index (κ3) is 1.43. The number of hydrogen-bond donors (Lipinski definition) is 3. The number of rotatable bonds is 2. The van der Waals surface area contributed by atoms with Crippen molar-refractivity contribution in [2.24, 2.45) is 7.05 Å². The molecule has 1 aromatic heterocycles. The average Bonchev–Trinajstić information content (AvgIpc) is 2.29. The summed E-state index contributed by atoms with van der Waals surface area (Å²) in [5, 5.41) is 16.6. The molecule has 0 saturated heterocycles.